The molecule has 0 bridgehead atoms. The van der Waals surface area contributed by atoms with Crippen LogP contribution < -0.4 is 5.32 Å². The van der Waals surface area contributed by atoms with Crippen LogP contribution in [0.3, 0.4) is 0 Å². The average Bonchev–Trinajstić information content (AvgIpc) is 2.52. The van der Waals surface area contributed by atoms with E-state index in [1.165, 1.54) is 12.2 Å². The van der Waals surface area contributed by atoms with E-state index < -0.39 is 0 Å². The monoisotopic (exact) mass is 316 g/mol. The van der Waals surface area contributed by atoms with Gasteiger partial charge in [-0.3, -0.25) is 0 Å². The third kappa shape index (κ3) is 4.85. The van der Waals surface area contributed by atoms with Gasteiger partial charge in [-0.25, -0.2) is 0 Å². The maximum atomic E-state index is 6.40. The summed E-state index contributed by atoms with van der Waals surface area (Å²) in [6.07, 6.45) is 3.35. The number of hydrogen-bond acceptors (Lipinski definition) is 4. The van der Waals surface area contributed by atoms with Crippen LogP contribution in [-0.2, 0) is 4.74 Å². The Kier molecular flexibility index (Phi) is 7.04. The molecule has 1 rings (SSSR count). The fourth-order valence-electron chi connectivity index (χ4n) is 3.57. The van der Waals surface area contributed by atoms with Crippen LogP contribution in [0.15, 0.2) is 0 Å². The Morgan fingerprint density at radius 1 is 1.24 bits per heavy atom. The standard InChI is InChI=1S/C17H36N2OS/c1-9-10-18-15-14(11-19(7)13(2)12-21-8)16(3,4)20-17(15,5)6/h13-15,18H,9-12H2,1-8H3. The maximum absolute atomic E-state index is 6.40. The van der Waals surface area contributed by atoms with E-state index >= 15 is 0 Å². The molecule has 0 radical (unpaired) electrons. The predicted molar refractivity (Wildman–Crippen MR) is 95.3 cm³/mol. The summed E-state index contributed by atoms with van der Waals surface area (Å²) in [6.45, 7) is 15.6. The predicted octanol–water partition coefficient (Wildman–Crippen LogP) is 3.24. The molecule has 126 valence electrons. The third-order valence-electron chi connectivity index (χ3n) is 4.83. The normalized spacial score (nSPS) is 29.0. The topological polar surface area (TPSA) is 24.5 Å². The van der Waals surface area contributed by atoms with Gasteiger partial charge in [0.25, 0.3) is 0 Å². The lowest BCUT2D eigenvalue weighted by atomic mass is 9.82. The largest absolute Gasteiger partial charge is 0.368 e. The fourth-order valence-corrected chi connectivity index (χ4v) is 4.31. The minimum absolute atomic E-state index is 0.0811. The molecule has 3 unspecified atom stereocenters. The zero-order chi connectivity index (χ0) is 16.3. The summed E-state index contributed by atoms with van der Waals surface area (Å²) < 4.78 is 6.40. The molecular weight excluding hydrogens is 280 g/mol. The van der Waals surface area contributed by atoms with Gasteiger partial charge in [-0.05, 0) is 60.9 Å². The average molecular weight is 317 g/mol. The van der Waals surface area contributed by atoms with E-state index in [-0.39, 0.29) is 11.2 Å². The van der Waals surface area contributed by atoms with Gasteiger partial charge in [0.05, 0.1) is 11.2 Å². The minimum atomic E-state index is -0.104. The van der Waals surface area contributed by atoms with Gasteiger partial charge in [0.15, 0.2) is 0 Å². The Morgan fingerprint density at radius 2 is 1.86 bits per heavy atom. The molecule has 4 heteroatoms. The number of nitrogens with zero attached hydrogens (tertiary/aromatic N) is 1. The SMILES string of the molecule is CCCNC1C(CN(C)C(C)CSC)C(C)(C)OC1(C)C. The Morgan fingerprint density at radius 3 is 2.38 bits per heavy atom. The first-order valence-electron chi connectivity index (χ1n) is 8.28. The summed E-state index contributed by atoms with van der Waals surface area (Å²) >= 11 is 1.92. The zero-order valence-electron chi connectivity index (χ0n) is 15.3. The molecule has 3 atom stereocenters. The molecule has 1 heterocycles. The van der Waals surface area contributed by atoms with Crippen LogP contribution in [0.1, 0.15) is 48.0 Å². The van der Waals surface area contributed by atoms with Gasteiger partial charge in [0.1, 0.15) is 0 Å². The Bertz CT molecular complexity index is 320. The maximum Gasteiger partial charge on any atom is 0.0790 e. The molecule has 1 aliphatic rings. The van der Waals surface area contributed by atoms with Gasteiger partial charge in [-0.15, -0.1) is 0 Å². The van der Waals surface area contributed by atoms with Crippen LogP contribution in [0.5, 0.6) is 0 Å². The highest BCUT2D eigenvalue weighted by Gasteiger charge is 2.53. The Hall–Kier alpha value is 0.230. The van der Waals surface area contributed by atoms with Gasteiger partial charge >= 0.3 is 0 Å². The van der Waals surface area contributed by atoms with Crippen molar-refractivity contribution in [3.05, 3.63) is 0 Å². The lowest BCUT2D eigenvalue weighted by molar-refractivity contribution is -0.0796. The molecule has 1 fully saturated rings. The molecule has 0 amide bonds. The van der Waals surface area contributed by atoms with Crippen molar-refractivity contribution in [1.82, 2.24) is 10.2 Å². The van der Waals surface area contributed by atoms with E-state index in [1.807, 2.05) is 11.8 Å². The highest BCUT2D eigenvalue weighted by atomic mass is 32.2. The van der Waals surface area contributed by atoms with Gasteiger partial charge in [-0.2, -0.15) is 11.8 Å². The van der Waals surface area contributed by atoms with Gasteiger partial charge < -0.3 is 15.0 Å². The van der Waals surface area contributed by atoms with Gasteiger partial charge in [0.2, 0.25) is 0 Å². The van der Waals surface area contributed by atoms with Crippen LogP contribution in [0.2, 0.25) is 0 Å². The van der Waals surface area contributed by atoms with E-state index in [9.17, 15) is 0 Å². The van der Waals surface area contributed by atoms with Crippen LogP contribution >= 0.6 is 11.8 Å². The van der Waals surface area contributed by atoms with Crippen LogP contribution in [0, 0.1) is 5.92 Å². The molecule has 0 aromatic rings. The second kappa shape index (κ2) is 7.67. The fraction of sp³-hybridized carbons (Fsp3) is 1.00. The number of nitrogens with one attached hydrogen (secondary N) is 1. The Balaban J connectivity index is 2.83. The molecule has 1 N–H and O–H groups in total. The number of thioether (sulfide) groups is 1. The molecule has 1 saturated heterocycles. The molecule has 1 aliphatic heterocycles. The lowest BCUT2D eigenvalue weighted by Crippen LogP contribution is -2.51. The van der Waals surface area contributed by atoms with Crippen molar-refractivity contribution in [2.75, 3.05) is 32.1 Å². The second-order valence-corrected chi connectivity index (χ2v) is 8.50. The molecule has 0 aliphatic carbocycles. The van der Waals surface area contributed by atoms with Crippen LogP contribution in [-0.4, -0.2) is 60.3 Å². The number of rotatable bonds is 8. The van der Waals surface area contributed by atoms with Crippen molar-refractivity contribution in [1.29, 1.82) is 0 Å². The van der Waals surface area contributed by atoms with E-state index in [2.05, 4.69) is 65.1 Å². The molecule has 0 aromatic carbocycles. The first-order valence-corrected chi connectivity index (χ1v) is 9.67. The molecule has 21 heavy (non-hydrogen) atoms. The van der Waals surface area contributed by atoms with E-state index in [0.717, 1.165) is 13.1 Å². The second-order valence-electron chi connectivity index (χ2n) is 7.59. The quantitative estimate of drug-likeness (QED) is 0.743. The molecule has 0 spiro atoms. The van der Waals surface area contributed by atoms with Crippen molar-refractivity contribution < 1.29 is 4.74 Å². The molecule has 0 aromatic heterocycles. The van der Waals surface area contributed by atoms with Crippen molar-refractivity contribution in [3.63, 3.8) is 0 Å². The van der Waals surface area contributed by atoms with Crippen molar-refractivity contribution in [2.24, 2.45) is 5.92 Å². The summed E-state index contributed by atoms with van der Waals surface area (Å²) in [4.78, 5) is 2.49. The first-order chi connectivity index (χ1) is 9.65. The molecule has 0 saturated carbocycles. The highest BCUT2D eigenvalue weighted by molar-refractivity contribution is 7.98. The number of hydrogen-bond donors (Lipinski definition) is 1. The molecular formula is C17H36N2OS. The van der Waals surface area contributed by atoms with Crippen molar-refractivity contribution >= 4 is 11.8 Å². The summed E-state index contributed by atoms with van der Waals surface area (Å²) in [5, 5.41) is 3.75. The van der Waals surface area contributed by atoms with E-state index in [0.29, 0.717) is 18.0 Å². The van der Waals surface area contributed by atoms with Crippen molar-refractivity contribution in [3.8, 4) is 0 Å². The van der Waals surface area contributed by atoms with E-state index in [4.69, 9.17) is 4.74 Å². The third-order valence-corrected chi connectivity index (χ3v) is 5.65. The summed E-state index contributed by atoms with van der Waals surface area (Å²) in [5.74, 6) is 1.69. The highest BCUT2D eigenvalue weighted by Crippen LogP contribution is 2.42. The smallest absolute Gasteiger partial charge is 0.0790 e. The lowest BCUT2D eigenvalue weighted by Gasteiger charge is -2.35. The first kappa shape index (κ1) is 19.3. The summed E-state index contributed by atoms with van der Waals surface area (Å²) in [5.41, 5.74) is -0.185. The zero-order valence-corrected chi connectivity index (χ0v) is 16.1. The van der Waals surface area contributed by atoms with Crippen molar-refractivity contribution in [2.45, 2.75) is 71.2 Å². The molecule has 3 nitrogen and oxygen atoms in total. The summed E-state index contributed by atoms with van der Waals surface area (Å²) in [7, 11) is 2.25. The van der Waals surface area contributed by atoms with Gasteiger partial charge in [-0.1, -0.05) is 6.92 Å². The van der Waals surface area contributed by atoms with Gasteiger partial charge in [0, 0.05) is 30.3 Å². The van der Waals surface area contributed by atoms with Crippen LogP contribution in [0.25, 0.3) is 0 Å². The Labute approximate surface area is 136 Å². The summed E-state index contributed by atoms with van der Waals surface area (Å²) in [6, 6.07) is 1.02. The van der Waals surface area contributed by atoms with Crippen LogP contribution in [0.4, 0.5) is 0 Å². The van der Waals surface area contributed by atoms with E-state index in [1.54, 1.807) is 0 Å². The number of ether oxygens (including phenoxy) is 1. The minimum Gasteiger partial charge on any atom is -0.368 e.